The van der Waals surface area contributed by atoms with Gasteiger partial charge in [-0.3, -0.25) is 28.7 Å². The average Bonchev–Trinajstić information content (AvgIpc) is 2.79. The maximum absolute atomic E-state index is 11.9. The van der Waals surface area contributed by atoms with Crippen molar-refractivity contribution in [2.75, 3.05) is 19.5 Å². The molecule has 0 saturated heterocycles. The number of hydrogen-bond acceptors (Lipinski definition) is 12. The topological polar surface area (TPSA) is 192 Å². The first-order valence-corrected chi connectivity index (χ1v) is 15.0. The van der Waals surface area contributed by atoms with Gasteiger partial charge in [0.2, 0.25) is 15.9 Å². The van der Waals surface area contributed by atoms with E-state index in [4.69, 9.17) is 24.2 Å². The number of nitrogens with zero attached hydrogens (tertiary/aromatic N) is 1. The Morgan fingerprint density at radius 3 is 1.37 bits per heavy atom. The van der Waals surface area contributed by atoms with Gasteiger partial charge < -0.3 is 18.9 Å². The molecule has 0 aliphatic rings. The van der Waals surface area contributed by atoms with Crippen molar-refractivity contribution in [3.8, 4) is 6.07 Å². The molecule has 13 nitrogen and oxygen atoms in total. The van der Waals surface area contributed by atoms with Crippen LogP contribution in [0.5, 0.6) is 0 Å². The molecule has 14 heteroatoms. The van der Waals surface area contributed by atoms with E-state index in [1.807, 2.05) is 6.07 Å². The van der Waals surface area contributed by atoms with Crippen molar-refractivity contribution in [1.29, 1.82) is 5.26 Å². The van der Waals surface area contributed by atoms with Gasteiger partial charge in [-0.15, -0.1) is 0 Å². The largest absolute Gasteiger partial charge is 0.465 e. The van der Waals surface area contributed by atoms with Gasteiger partial charge >= 0.3 is 23.9 Å². The van der Waals surface area contributed by atoms with Crippen LogP contribution in [0.3, 0.4) is 0 Å². The maximum atomic E-state index is 11.9. The summed E-state index contributed by atoms with van der Waals surface area (Å²) in [6.07, 6.45) is 0.715. The summed E-state index contributed by atoms with van der Waals surface area (Å²) in [6, 6.07) is 1.88. The fourth-order valence-corrected chi connectivity index (χ4v) is 3.08. The molecule has 0 heterocycles. The molecule has 0 bridgehead atoms. The van der Waals surface area contributed by atoms with E-state index < -0.39 is 74.7 Å². The van der Waals surface area contributed by atoms with Crippen LogP contribution in [0.15, 0.2) is 0 Å². The van der Waals surface area contributed by atoms with E-state index in [-0.39, 0.29) is 26.1 Å². The molecule has 0 aromatic heterocycles. The summed E-state index contributed by atoms with van der Waals surface area (Å²) in [5.41, 5.74) is -1.23. The first kappa shape index (κ1) is 39.9. The molecule has 1 N–H and O–H groups in total. The minimum absolute atomic E-state index is 0.0563. The van der Waals surface area contributed by atoms with Crippen LogP contribution in [0.4, 0.5) is 0 Å². The Kier molecular flexibility index (Phi) is 17.1. The highest BCUT2D eigenvalue weighted by molar-refractivity contribution is 7.89. The third kappa shape index (κ3) is 20.3. The van der Waals surface area contributed by atoms with E-state index in [2.05, 4.69) is 0 Å². The van der Waals surface area contributed by atoms with E-state index in [0.717, 1.165) is 6.26 Å². The lowest BCUT2D eigenvalue weighted by Gasteiger charge is -2.24. The van der Waals surface area contributed by atoms with E-state index in [1.54, 1.807) is 67.0 Å². The summed E-state index contributed by atoms with van der Waals surface area (Å²) in [7, 11) is -3.63. The summed E-state index contributed by atoms with van der Waals surface area (Å²) in [4.78, 5) is 58.3. The molecule has 1 amide bonds. The number of carbonyl (C=O) groups excluding carboxylic acids is 5. The molecule has 4 unspecified atom stereocenters. The molecule has 0 aliphatic heterocycles. The highest BCUT2D eigenvalue weighted by Gasteiger charge is 2.32. The molecule has 0 aromatic rings. The van der Waals surface area contributed by atoms with Gasteiger partial charge in [-0.25, -0.2) is 8.42 Å². The summed E-state index contributed by atoms with van der Waals surface area (Å²) in [5, 5.41) is 8.33. The standard InChI is InChI=1S/C14H25NO7S.C13H21NO4/c1-9(10(2)13(18)22-14(3,4)5)12(17)21-8-7-11(16)15-23(6,19)20;1-9(11(15)17-8-6-7-14)10(2)12(16)18-13(3,4)5/h9-10H,7-8H2,1-6H3,(H,15,16);9-10H,6,8H2,1-5H3. The van der Waals surface area contributed by atoms with Crippen LogP contribution >= 0.6 is 0 Å². The van der Waals surface area contributed by atoms with Gasteiger partial charge in [-0.1, -0.05) is 27.7 Å². The maximum Gasteiger partial charge on any atom is 0.310 e. The number of rotatable bonds is 12. The number of esters is 4. The molecule has 0 radical (unpaired) electrons. The lowest BCUT2D eigenvalue weighted by Crippen LogP contribution is -2.34. The smallest absolute Gasteiger partial charge is 0.310 e. The van der Waals surface area contributed by atoms with Crippen molar-refractivity contribution < 1.29 is 51.3 Å². The Bertz CT molecular complexity index is 1050. The molecule has 0 rings (SSSR count). The van der Waals surface area contributed by atoms with Crippen LogP contribution in [-0.2, 0) is 52.9 Å². The molecule has 0 aromatic carbocycles. The minimum atomic E-state index is -3.63. The highest BCUT2D eigenvalue weighted by atomic mass is 32.2. The van der Waals surface area contributed by atoms with Gasteiger partial charge in [0.05, 0.1) is 48.8 Å². The third-order valence-corrected chi connectivity index (χ3v) is 5.73. The second-order valence-corrected chi connectivity index (χ2v) is 13.3. The fraction of sp³-hybridized carbons (Fsp3) is 0.778. The molecule has 0 aliphatic carbocycles. The second kappa shape index (κ2) is 17.6. The Morgan fingerprint density at radius 2 is 1.05 bits per heavy atom. The van der Waals surface area contributed by atoms with Crippen molar-refractivity contribution in [1.82, 2.24) is 4.72 Å². The number of carbonyl (C=O) groups is 5. The van der Waals surface area contributed by atoms with E-state index in [9.17, 15) is 32.4 Å². The number of amides is 1. The molecule has 41 heavy (non-hydrogen) atoms. The zero-order chi connectivity index (χ0) is 32.8. The van der Waals surface area contributed by atoms with Gasteiger partial charge in [0.25, 0.3) is 0 Å². The Labute approximate surface area is 243 Å². The van der Waals surface area contributed by atoms with Crippen LogP contribution in [0.1, 0.15) is 82.1 Å². The predicted octanol–water partition coefficient (Wildman–Crippen LogP) is 2.67. The van der Waals surface area contributed by atoms with Crippen LogP contribution in [0.2, 0.25) is 0 Å². The SMILES string of the molecule is CC(C(=O)OCCC#N)C(C)C(=O)OC(C)(C)C.CC(C(=O)OCCC(=O)NS(C)(=O)=O)C(C)C(=O)OC(C)(C)C. The van der Waals surface area contributed by atoms with Crippen molar-refractivity contribution >= 4 is 39.8 Å². The lowest BCUT2D eigenvalue weighted by atomic mass is 9.96. The normalized spacial score (nSPS) is 14.4. The first-order chi connectivity index (χ1) is 18.4. The van der Waals surface area contributed by atoms with E-state index >= 15 is 0 Å². The van der Waals surface area contributed by atoms with Gasteiger partial charge in [0, 0.05) is 0 Å². The van der Waals surface area contributed by atoms with E-state index in [1.165, 1.54) is 6.92 Å². The zero-order valence-corrected chi connectivity index (χ0v) is 26.8. The predicted molar refractivity (Wildman–Crippen MR) is 148 cm³/mol. The van der Waals surface area contributed by atoms with Crippen LogP contribution < -0.4 is 4.72 Å². The number of hydrogen-bond donors (Lipinski definition) is 1. The van der Waals surface area contributed by atoms with Crippen molar-refractivity contribution in [2.24, 2.45) is 23.7 Å². The van der Waals surface area contributed by atoms with Crippen LogP contribution in [0, 0.1) is 35.0 Å². The Morgan fingerprint density at radius 1 is 0.707 bits per heavy atom. The molecule has 0 saturated carbocycles. The zero-order valence-electron chi connectivity index (χ0n) is 26.0. The van der Waals surface area contributed by atoms with Gasteiger partial charge in [-0.05, 0) is 41.5 Å². The molecular weight excluding hydrogens is 560 g/mol. The second-order valence-electron chi connectivity index (χ2n) is 11.5. The van der Waals surface area contributed by atoms with Crippen molar-refractivity contribution in [3.05, 3.63) is 0 Å². The number of nitriles is 1. The highest BCUT2D eigenvalue weighted by Crippen LogP contribution is 2.20. The van der Waals surface area contributed by atoms with Crippen molar-refractivity contribution in [2.45, 2.75) is 93.3 Å². The number of nitrogens with one attached hydrogen (secondary N) is 1. The molecule has 236 valence electrons. The molecular formula is C27H46N2O11S. The monoisotopic (exact) mass is 606 g/mol. The summed E-state index contributed by atoms with van der Waals surface area (Å²) in [5.74, 6) is -5.46. The first-order valence-electron chi connectivity index (χ1n) is 13.1. The van der Waals surface area contributed by atoms with Gasteiger partial charge in [0.1, 0.15) is 24.4 Å². The number of sulfonamides is 1. The third-order valence-electron chi connectivity index (χ3n) is 5.13. The van der Waals surface area contributed by atoms with Gasteiger partial charge in [0.15, 0.2) is 0 Å². The Hall–Kier alpha value is -3.21. The quantitative estimate of drug-likeness (QED) is 0.194. The minimum Gasteiger partial charge on any atom is -0.465 e. The fourth-order valence-electron chi connectivity index (χ4n) is 2.57. The number of ether oxygens (including phenoxy) is 4. The molecule has 4 atom stereocenters. The molecule has 0 spiro atoms. The summed E-state index contributed by atoms with van der Waals surface area (Å²) < 4.78 is 43.6. The lowest BCUT2D eigenvalue weighted by molar-refractivity contribution is -0.167. The summed E-state index contributed by atoms with van der Waals surface area (Å²) >= 11 is 0. The average molecular weight is 607 g/mol. The molecule has 0 fully saturated rings. The van der Waals surface area contributed by atoms with E-state index in [0.29, 0.717) is 0 Å². The van der Waals surface area contributed by atoms with Crippen molar-refractivity contribution in [3.63, 3.8) is 0 Å². The summed E-state index contributed by atoms with van der Waals surface area (Å²) in [6.45, 7) is 16.6. The van der Waals surface area contributed by atoms with Crippen LogP contribution in [0.25, 0.3) is 0 Å². The van der Waals surface area contributed by atoms with Crippen LogP contribution in [-0.4, -0.2) is 68.9 Å². The van der Waals surface area contributed by atoms with Gasteiger partial charge in [-0.2, -0.15) is 5.26 Å². The Balaban J connectivity index is 0.